The van der Waals surface area contributed by atoms with E-state index in [0.29, 0.717) is 28.1 Å². The van der Waals surface area contributed by atoms with Gasteiger partial charge >= 0.3 is 12.0 Å². The highest BCUT2D eigenvalue weighted by Gasteiger charge is 2.35. The van der Waals surface area contributed by atoms with Gasteiger partial charge in [-0.1, -0.05) is 42.5 Å². The molecule has 1 heterocycles. The number of benzene rings is 3. The molecule has 1 aliphatic heterocycles. The minimum atomic E-state index is -0.653. The second-order valence-corrected chi connectivity index (χ2v) is 8.53. The molecule has 34 heavy (non-hydrogen) atoms. The van der Waals surface area contributed by atoms with Gasteiger partial charge in [0.25, 0.3) is 5.91 Å². The van der Waals surface area contributed by atoms with Crippen molar-refractivity contribution in [1.82, 2.24) is 10.2 Å². The monoisotopic (exact) mass is 457 g/mol. The Balaban J connectivity index is 1.56. The van der Waals surface area contributed by atoms with Crippen LogP contribution in [0.4, 0.5) is 10.5 Å². The number of fused-ring (bicyclic) bond motifs is 1. The fourth-order valence-corrected chi connectivity index (χ4v) is 3.92. The highest BCUT2D eigenvalue weighted by atomic mass is 16.5. The van der Waals surface area contributed by atoms with Crippen molar-refractivity contribution < 1.29 is 19.1 Å². The number of hydrogen-bond donors (Lipinski definition) is 2. The first-order valence-corrected chi connectivity index (χ1v) is 11.1. The molecular formula is C27H27N3O4. The third kappa shape index (κ3) is 4.64. The first-order valence-electron chi connectivity index (χ1n) is 11.1. The van der Waals surface area contributed by atoms with Crippen LogP contribution in [0, 0.1) is 0 Å². The van der Waals surface area contributed by atoms with Gasteiger partial charge in [-0.05, 0) is 61.4 Å². The number of allylic oxidation sites excluding steroid dienone is 1. The Morgan fingerprint density at radius 3 is 2.35 bits per heavy atom. The number of carbonyl (C=O) groups excluding carboxylic acids is 3. The number of nitrogens with one attached hydrogen (secondary N) is 2. The van der Waals surface area contributed by atoms with Crippen molar-refractivity contribution in [3.05, 3.63) is 89.1 Å². The summed E-state index contributed by atoms with van der Waals surface area (Å²) in [6.45, 7) is 5.28. The number of rotatable bonds is 5. The maximum Gasteiger partial charge on any atom is 0.338 e. The second-order valence-electron chi connectivity index (χ2n) is 8.53. The SMILES string of the molecule is CC1=C(C(=O)OC(C)C)C(c2ccc(NC(=O)c3ccc4ccccc4c3)cc2)NC(=O)N1C. The van der Waals surface area contributed by atoms with Crippen molar-refractivity contribution in [3.8, 4) is 0 Å². The Labute approximate surface area is 198 Å². The van der Waals surface area contributed by atoms with Crippen LogP contribution in [0.2, 0.25) is 0 Å². The molecule has 2 N–H and O–H groups in total. The molecule has 3 aromatic rings. The predicted octanol–water partition coefficient (Wildman–Crippen LogP) is 5.01. The Bertz CT molecular complexity index is 1290. The number of nitrogens with zero attached hydrogens (tertiary/aromatic N) is 1. The molecule has 3 aromatic carbocycles. The number of anilines is 1. The van der Waals surface area contributed by atoms with Gasteiger partial charge in [-0.2, -0.15) is 0 Å². The van der Waals surface area contributed by atoms with E-state index in [0.717, 1.165) is 10.8 Å². The molecule has 0 saturated heterocycles. The fraction of sp³-hybridized carbons (Fsp3) is 0.222. The van der Waals surface area contributed by atoms with E-state index in [9.17, 15) is 14.4 Å². The van der Waals surface area contributed by atoms with Crippen LogP contribution in [0.25, 0.3) is 10.8 Å². The Hall–Kier alpha value is -4.13. The molecule has 1 atom stereocenters. The molecule has 0 aromatic heterocycles. The van der Waals surface area contributed by atoms with Crippen molar-refractivity contribution in [2.75, 3.05) is 12.4 Å². The van der Waals surface area contributed by atoms with Crippen molar-refractivity contribution >= 4 is 34.4 Å². The zero-order valence-corrected chi connectivity index (χ0v) is 19.6. The lowest BCUT2D eigenvalue weighted by Crippen LogP contribution is -2.46. The maximum absolute atomic E-state index is 12.8. The van der Waals surface area contributed by atoms with Crippen LogP contribution in [0.5, 0.6) is 0 Å². The lowest BCUT2D eigenvalue weighted by molar-refractivity contribution is -0.143. The van der Waals surface area contributed by atoms with Gasteiger partial charge < -0.3 is 20.3 Å². The summed E-state index contributed by atoms with van der Waals surface area (Å²) in [5.41, 5.74) is 2.79. The summed E-state index contributed by atoms with van der Waals surface area (Å²) >= 11 is 0. The largest absolute Gasteiger partial charge is 0.459 e. The molecule has 0 aliphatic carbocycles. The summed E-state index contributed by atoms with van der Waals surface area (Å²) in [5.74, 6) is -0.693. The normalized spacial score (nSPS) is 16.0. The molecule has 4 rings (SSSR count). The maximum atomic E-state index is 12.8. The number of esters is 1. The molecule has 0 fully saturated rings. The van der Waals surface area contributed by atoms with Gasteiger partial charge in [-0.3, -0.25) is 4.79 Å². The molecule has 0 spiro atoms. The van der Waals surface area contributed by atoms with Crippen LogP contribution in [-0.2, 0) is 9.53 Å². The molecule has 3 amide bonds. The topological polar surface area (TPSA) is 87.7 Å². The summed E-state index contributed by atoms with van der Waals surface area (Å²) in [7, 11) is 1.61. The van der Waals surface area contributed by atoms with E-state index in [2.05, 4.69) is 10.6 Å². The first-order chi connectivity index (χ1) is 16.2. The molecule has 174 valence electrons. The average Bonchev–Trinajstić information content (AvgIpc) is 2.82. The van der Waals surface area contributed by atoms with Gasteiger partial charge in [0.1, 0.15) is 0 Å². The summed E-state index contributed by atoms with van der Waals surface area (Å²) in [5, 5.41) is 7.82. The van der Waals surface area contributed by atoms with Crippen LogP contribution in [0.1, 0.15) is 42.7 Å². The van der Waals surface area contributed by atoms with Crippen molar-refractivity contribution in [2.24, 2.45) is 0 Å². The lowest BCUT2D eigenvalue weighted by Gasteiger charge is -2.33. The van der Waals surface area contributed by atoms with E-state index >= 15 is 0 Å². The number of urea groups is 1. The van der Waals surface area contributed by atoms with Crippen molar-refractivity contribution in [2.45, 2.75) is 32.9 Å². The van der Waals surface area contributed by atoms with Crippen LogP contribution >= 0.6 is 0 Å². The predicted molar refractivity (Wildman–Crippen MR) is 131 cm³/mol. The van der Waals surface area contributed by atoms with Gasteiger partial charge in [0.2, 0.25) is 0 Å². The number of carbonyl (C=O) groups is 3. The van der Waals surface area contributed by atoms with Crippen LogP contribution in [-0.4, -0.2) is 36.0 Å². The lowest BCUT2D eigenvalue weighted by atomic mass is 9.95. The van der Waals surface area contributed by atoms with E-state index in [4.69, 9.17) is 4.74 Å². The van der Waals surface area contributed by atoms with E-state index in [-0.39, 0.29) is 18.0 Å². The van der Waals surface area contributed by atoms with E-state index < -0.39 is 12.0 Å². The second kappa shape index (κ2) is 9.39. The Morgan fingerprint density at radius 2 is 1.68 bits per heavy atom. The van der Waals surface area contributed by atoms with Crippen molar-refractivity contribution in [3.63, 3.8) is 0 Å². The average molecular weight is 458 g/mol. The molecule has 7 heteroatoms. The van der Waals surface area contributed by atoms with Gasteiger partial charge in [-0.25, -0.2) is 9.59 Å². The summed E-state index contributed by atoms with van der Waals surface area (Å²) in [6.07, 6.45) is -0.288. The van der Waals surface area contributed by atoms with Crippen LogP contribution in [0.3, 0.4) is 0 Å². The molecule has 7 nitrogen and oxygen atoms in total. The highest BCUT2D eigenvalue weighted by molar-refractivity contribution is 6.06. The van der Waals surface area contributed by atoms with E-state index in [1.807, 2.05) is 36.4 Å². The summed E-state index contributed by atoms with van der Waals surface area (Å²) in [6, 6.07) is 19.5. The number of hydrogen-bond acceptors (Lipinski definition) is 4. The van der Waals surface area contributed by atoms with Crippen molar-refractivity contribution in [1.29, 1.82) is 0 Å². The number of amides is 3. The number of ether oxygens (including phenoxy) is 1. The van der Waals surface area contributed by atoms with Crippen LogP contribution < -0.4 is 10.6 Å². The molecule has 0 bridgehead atoms. The third-order valence-electron chi connectivity index (χ3n) is 5.83. The Kier molecular flexibility index (Phi) is 6.36. The first kappa shape index (κ1) is 23.0. The van der Waals surface area contributed by atoms with E-state index in [1.165, 1.54) is 4.90 Å². The van der Waals surface area contributed by atoms with Gasteiger partial charge in [0.05, 0.1) is 17.7 Å². The highest BCUT2D eigenvalue weighted by Crippen LogP contribution is 2.31. The minimum absolute atomic E-state index is 0.219. The van der Waals surface area contributed by atoms with Gasteiger partial charge in [0.15, 0.2) is 0 Å². The minimum Gasteiger partial charge on any atom is -0.459 e. The summed E-state index contributed by atoms with van der Waals surface area (Å²) in [4.78, 5) is 39.4. The van der Waals surface area contributed by atoms with E-state index in [1.54, 1.807) is 58.2 Å². The molecule has 1 aliphatic rings. The quantitative estimate of drug-likeness (QED) is 0.527. The molecule has 0 saturated carbocycles. The molecule has 1 unspecified atom stereocenters. The standard InChI is InChI=1S/C27H27N3O4/c1-16(2)34-26(32)23-17(3)30(4)27(33)29-24(23)19-11-13-22(14-12-19)28-25(31)21-10-9-18-7-5-6-8-20(18)15-21/h5-16,24H,1-4H3,(H,28,31)(H,29,33). The molecular weight excluding hydrogens is 430 g/mol. The fourth-order valence-electron chi connectivity index (χ4n) is 3.92. The molecule has 0 radical (unpaired) electrons. The van der Waals surface area contributed by atoms with Gasteiger partial charge in [-0.15, -0.1) is 0 Å². The van der Waals surface area contributed by atoms with Crippen LogP contribution in [0.15, 0.2) is 78.0 Å². The zero-order chi connectivity index (χ0) is 24.4. The smallest absolute Gasteiger partial charge is 0.338 e. The van der Waals surface area contributed by atoms with Gasteiger partial charge in [0, 0.05) is 24.0 Å². The zero-order valence-electron chi connectivity index (χ0n) is 19.6. The Morgan fingerprint density at radius 1 is 1.00 bits per heavy atom. The third-order valence-corrected chi connectivity index (χ3v) is 5.83. The summed E-state index contributed by atoms with van der Waals surface area (Å²) < 4.78 is 5.42.